The Kier molecular flexibility index (Phi) is 8.53. The third-order valence-corrected chi connectivity index (χ3v) is 2.77. The van der Waals surface area contributed by atoms with Gasteiger partial charge in [-0.15, -0.1) is 0 Å². The predicted octanol–water partition coefficient (Wildman–Crippen LogP) is 4.82. The van der Waals surface area contributed by atoms with Crippen molar-refractivity contribution in [3.05, 3.63) is 11.6 Å². The number of amides is 1. The molecule has 0 saturated heterocycles. The van der Waals surface area contributed by atoms with Crippen LogP contribution in [0.5, 0.6) is 0 Å². The predicted molar refractivity (Wildman–Crippen MR) is 81.3 cm³/mol. The van der Waals surface area contributed by atoms with Crippen LogP contribution < -0.4 is 5.32 Å². The van der Waals surface area contributed by atoms with Crippen molar-refractivity contribution in [3.8, 4) is 0 Å². The number of alkyl carbamates (subject to hydrolysis) is 1. The van der Waals surface area contributed by atoms with Crippen LogP contribution in [0.3, 0.4) is 0 Å². The van der Waals surface area contributed by atoms with Gasteiger partial charge in [-0.3, -0.25) is 0 Å². The van der Waals surface area contributed by atoms with Crippen LogP contribution in [0.2, 0.25) is 0 Å². The molecule has 0 aliphatic carbocycles. The summed E-state index contributed by atoms with van der Waals surface area (Å²) in [5, 5.41) is 2.95. The molecule has 19 heavy (non-hydrogen) atoms. The van der Waals surface area contributed by atoms with Gasteiger partial charge in [0.2, 0.25) is 0 Å². The zero-order valence-electron chi connectivity index (χ0n) is 13.5. The zero-order valence-corrected chi connectivity index (χ0v) is 13.5. The molecule has 0 aromatic carbocycles. The molecule has 3 heteroatoms. The molecule has 0 aromatic heterocycles. The van der Waals surface area contributed by atoms with Gasteiger partial charge >= 0.3 is 6.09 Å². The summed E-state index contributed by atoms with van der Waals surface area (Å²) >= 11 is 0. The molecule has 0 rings (SSSR count). The molecular formula is C16H31NO2. The summed E-state index contributed by atoms with van der Waals surface area (Å²) in [5.41, 5.74) is 0.949. The molecule has 112 valence electrons. The van der Waals surface area contributed by atoms with Crippen molar-refractivity contribution in [2.75, 3.05) is 0 Å². The van der Waals surface area contributed by atoms with E-state index in [4.69, 9.17) is 4.74 Å². The lowest BCUT2D eigenvalue weighted by Gasteiger charge is -2.23. The fourth-order valence-electron chi connectivity index (χ4n) is 1.78. The molecule has 0 radical (unpaired) electrons. The van der Waals surface area contributed by atoms with E-state index in [2.05, 4.69) is 32.2 Å². The van der Waals surface area contributed by atoms with Gasteiger partial charge in [0.15, 0.2) is 0 Å². The summed E-state index contributed by atoms with van der Waals surface area (Å²) in [6.45, 7) is 12.0. The molecule has 0 aliphatic rings. The summed E-state index contributed by atoms with van der Waals surface area (Å²) in [6, 6.07) is 0.224. The maximum absolute atomic E-state index is 11.7. The molecule has 0 unspecified atom stereocenters. The number of allylic oxidation sites excluding steroid dienone is 2. The second-order valence-electron chi connectivity index (χ2n) is 6.32. The van der Waals surface area contributed by atoms with Crippen LogP contribution >= 0.6 is 0 Å². The Morgan fingerprint density at radius 1 is 1.26 bits per heavy atom. The van der Waals surface area contributed by atoms with Crippen molar-refractivity contribution in [2.45, 2.75) is 85.3 Å². The number of rotatable bonds is 7. The van der Waals surface area contributed by atoms with Gasteiger partial charge in [0, 0.05) is 6.04 Å². The van der Waals surface area contributed by atoms with Crippen molar-refractivity contribution >= 4 is 6.09 Å². The van der Waals surface area contributed by atoms with Crippen LogP contribution in [0, 0.1) is 0 Å². The van der Waals surface area contributed by atoms with Crippen LogP contribution in [-0.2, 0) is 4.74 Å². The Morgan fingerprint density at radius 3 is 2.37 bits per heavy atom. The maximum Gasteiger partial charge on any atom is 0.407 e. The Morgan fingerprint density at radius 2 is 1.89 bits per heavy atom. The topological polar surface area (TPSA) is 38.3 Å². The van der Waals surface area contributed by atoms with Crippen molar-refractivity contribution in [1.29, 1.82) is 0 Å². The van der Waals surface area contributed by atoms with Crippen LogP contribution in [0.1, 0.15) is 73.6 Å². The van der Waals surface area contributed by atoms with Crippen LogP contribution in [0.25, 0.3) is 0 Å². The van der Waals surface area contributed by atoms with Gasteiger partial charge in [-0.05, 0) is 60.3 Å². The maximum atomic E-state index is 11.7. The largest absolute Gasteiger partial charge is 0.444 e. The summed E-state index contributed by atoms with van der Waals surface area (Å²) in [5.74, 6) is 0. The zero-order chi connectivity index (χ0) is 14.9. The van der Waals surface area contributed by atoms with E-state index < -0.39 is 5.60 Å². The number of nitrogens with one attached hydrogen (secondary N) is 1. The second kappa shape index (κ2) is 9.00. The molecule has 0 bridgehead atoms. The van der Waals surface area contributed by atoms with Crippen LogP contribution in [0.15, 0.2) is 11.6 Å². The van der Waals surface area contributed by atoms with E-state index in [0.29, 0.717) is 0 Å². The normalized spacial score (nSPS) is 12.7. The monoisotopic (exact) mass is 269 g/mol. The number of unbranched alkanes of at least 4 members (excludes halogenated alkanes) is 2. The highest BCUT2D eigenvalue weighted by Crippen LogP contribution is 2.10. The quantitative estimate of drug-likeness (QED) is 0.531. The Balaban J connectivity index is 3.89. The third-order valence-electron chi connectivity index (χ3n) is 2.77. The highest BCUT2D eigenvalue weighted by atomic mass is 16.6. The highest BCUT2D eigenvalue weighted by Gasteiger charge is 2.18. The molecule has 1 N–H and O–H groups in total. The molecule has 3 nitrogen and oxygen atoms in total. The molecule has 0 heterocycles. The van der Waals surface area contributed by atoms with E-state index in [0.717, 1.165) is 25.7 Å². The summed E-state index contributed by atoms with van der Waals surface area (Å²) < 4.78 is 5.27. The summed E-state index contributed by atoms with van der Waals surface area (Å²) in [4.78, 5) is 11.7. The first-order valence-corrected chi connectivity index (χ1v) is 7.37. The highest BCUT2D eigenvalue weighted by molar-refractivity contribution is 5.68. The molecular weight excluding hydrogens is 238 g/mol. The van der Waals surface area contributed by atoms with Gasteiger partial charge in [-0.2, -0.15) is 0 Å². The van der Waals surface area contributed by atoms with Gasteiger partial charge in [0.25, 0.3) is 0 Å². The van der Waals surface area contributed by atoms with Gasteiger partial charge in [0.1, 0.15) is 5.60 Å². The number of hydrogen-bond donors (Lipinski definition) is 1. The Labute approximate surface area is 118 Å². The van der Waals surface area contributed by atoms with E-state index in [1.807, 2.05) is 20.8 Å². The fraction of sp³-hybridized carbons (Fsp3) is 0.812. The molecule has 0 aromatic rings. The smallest absolute Gasteiger partial charge is 0.407 e. The lowest BCUT2D eigenvalue weighted by atomic mass is 10.1. The number of hydrogen-bond acceptors (Lipinski definition) is 2. The first kappa shape index (κ1) is 18.0. The van der Waals surface area contributed by atoms with Crippen LogP contribution in [0.4, 0.5) is 4.79 Å². The summed E-state index contributed by atoms with van der Waals surface area (Å²) in [6.07, 6.45) is 7.38. The number of carbonyl (C=O) groups is 1. The molecule has 0 saturated carbocycles. The number of ether oxygens (including phenoxy) is 1. The molecule has 0 fully saturated rings. The molecule has 0 spiro atoms. The van der Waals surface area contributed by atoms with Crippen molar-refractivity contribution < 1.29 is 9.53 Å². The molecule has 1 amide bonds. The van der Waals surface area contributed by atoms with Gasteiger partial charge in [-0.25, -0.2) is 4.79 Å². The van der Waals surface area contributed by atoms with Gasteiger partial charge in [-0.1, -0.05) is 25.0 Å². The Hall–Kier alpha value is -0.990. The number of carbonyl (C=O) groups excluding carboxylic acids is 1. The van der Waals surface area contributed by atoms with E-state index in [1.54, 1.807) is 0 Å². The first-order chi connectivity index (χ1) is 8.74. The minimum absolute atomic E-state index is 0.224. The van der Waals surface area contributed by atoms with E-state index in [-0.39, 0.29) is 12.1 Å². The average Bonchev–Trinajstić information content (AvgIpc) is 2.24. The van der Waals surface area contributed by atoms with Crippen LogP contribution in [-0.4, -0.2) is 17.7 Å². The standard InChI is InChI=1S/C16H31NO2/c1-7-14(12-10-8-9-11-13(2)3)17-15(18)19-16(4,5)6/h11,14H,7-10,12H2,1-6H3,(H,17,18)/t14-/m1/s1. The van der Waals surface area contributed by atoms with E-state index in [1.165, 1.54) is 12.0 Å². The minimum Gasteiger partial charge on any atom is -0.444 e. The summed E-state index contributed by atoms with van der Waals surface area (Å²) in [7, 11) is 0. The minimum atomic E-state index is -0.425. The lowest BCUT2D eigenvalue weighted by Crippen LogP contribution is -2.38. The SMILES string of the molecule is CC[C@H](CCCCC=C(C)C)NC(=O)OC(C)(C)C. The van der Waals surface area contributed by atoms with E-state index >= 15 is 0 Å². The van der Waals surface area contributed by atoms with E-state index in [9.17, 15) is 4.79 Å². The Bertz CT molecular complexity index is 286. The van der Waals surface area contributed by atoms with Gasteiger partial charge < -0.3 is 10.1 Å². The fourth-order valence-corrected chi connectivity index (χ4v) is 1.78. The first-order valence-electron chi connectivity index (χ1n) is 7.37. The van der Waals surface area contributed by atoms with Gasteiger partial charge in [0.05, 0.1) is 0 Å². The third kappa shape index (κ3) is 11.8. The average molecular weight is 269 g/mol. The lowest BCUT2D eigenvalue weighted by molar-refractivity contribution is 0.0500. The molecule has 0 aliphatic heterocycles. The second-order valence-corrected chi connectivity index (χ2v) is 6.32. The van der Waals surface area contributed by atoms with Crippen molar-refractivity contribution in [3.63, 3.8) is 0 Å². The van der Waals surface area contributed by atoms with Crippen molar-refractivity contribution in [2.24, 2.45) is 0 Å². The van der Waals surface area contributed by atoms with Crippen molar-refractivity contribution in [1.82, 2.24) is 5.32 Å². The molecule has 1 atom stereocenters.